The third-order valence-electron chi connectivity index (χ3n) is 5.16. The number of hydrogen-bond acceptors (Lipinski definition) is 6. The van der Waals surface area contributed by atoms with Crippen LogP contribution in [0.3, 0.4) is 0 Å². The van der Waals surface area contributed by atoms with Crippen molar-refractivity contribution in [2.75, 3.05) is 37.7 Å². The Kier molecular flexibility index (Phi) is 3.59. The molecule has 0 unspecified atom stereocenters. The van der Waals surface area contributed by atoms with E-state index >= 15 is 0 Å². The molecule has 0 radical (unpaired) electrons. The molecule has 0 atom stereocenters. The van der Waals surface area contributed by atoms with Gasteiger partial charge in [-0.3, -0.25) is 4.90 Å². The summed E-state index contributed by atoms with van der Waals surface area (Å²) in [5.74, 6) is 0.737. The lowest BCUT2D eigenvalue weighted by molar-refractivity contribution is -0.0929. The molecule has 2 saturated heterocycles. The first-order valence-corrected chi connectivity index (χ1v) is 8.27. The van der Waals surface area contributed by atoms with E-state index in [2.05, 4.69) is 20.0 Å². The maximum atomic E-state index is 6.06. The first kappa shape index (κ1) is 13.5. The Morgan fingerprint density at radius 3 is 2.57 bits per heavy atom. The highest BCUT2D eigenvalue weighted by atomic mass is 16.5. The van der Waals surface area contributed by atoms with Gasteiger partial charge >= 0.3 is 6.01 Å². The number of aromatic nitrogens is 2. The van der Waals surface area contributed by atoms with Crippen LogP contribution in [-0.4, -0.2) is 53.5 Å². The summed E-state index contributed by atoms with van der Waals surface area (Å²) in [4.78, 5) is 4.57. The van der Waals surface area contributed by atoms with Gasteiger partial charge in [0.25, 0.3) is 0 Å². The van der Waals surface area contributed by atoms with Crippen molar-refractivity contribution in [3.05, 3.63) is 5.89 Å². The average molecular weight is 292 g/mol. The fourth-order valence-electron chi connectivity index (χ4n) is 3.60. The fraction of sp³-hybridized carbons (Fsp3) is 0.867. The van der Waals surface area contributed by atoms with Crippen LogP contribution in [0.1, 0.15) is 44.4 Å². The highest BCUT2D eigenvalue weighted by molar-refractivity contribution is 5.25. The lowest BCUT2D eigenvalue weighted by Crippen LogP contribution is -2.40. The fourth-order valence-corrected chi connectivity index (χ4v) is 3.60. The lowest BCUT2D eigenvalue weighted by atomic mass is 9.77. The van der Waals surface area contributed by atoms with E-state index in [1.165, 1.54) is 32.1 Å². The highest BCUT2D eigenvalue weighted by Gasteiger charge is 2.39. The molecule has 1 aliphatic carbocycles. The Balaban J connectivity index is 1.35. The van der Waals surface area contributed by atoms with Crippen molar-refractivity contribution in [1.29, 1.82) is 0 Å². The van der Waals surface area contributed by atoms with E-state index in [4.69, 9.17) is 9.15 Å². The zero-order valence-electron chi connectivity index (χ0n) is 12.6. The maximum Gasteiger partial charge on any atom is 0.318 e. The quantitative estimate of drug-likeness (QED) is 0.847. The van der Waals surface area contributed by atoms with Crippen LogP contribution in [0.2, 0.25) is 0 Å². The number of rotatable bonds is 3. The zero-order chi connectivity index (χ0) is 14.1. The molecule has 21 heavy (non-hydrogen) atoms. The molecule has 1 saturated carbocycles. The second kappa shape index (κ2) is 5.57. The Morgan fingerprint density at radius 2 is 1.81 bits per heavy atom. The monoisotopic (exact) mass is 292 g/mol. The summed E-state index contributed by atoms with van der Waals surface area (Å²) in [5, 5.41) is 8.41. The Morgan fingerprint density at radius 1 is 0.952 bits per heavy atom. The molecule has 1 aromatic heterocycles. The second-order valence-corrected chi connectivity index (χ2v) is 6.58. The molecule has 3 fully saturated rings. The van der Waals surface area contributed by atoms with Crippen molar-refractivity contribution in [3.63, 3.8) is 0 Å². The van der Waals surface area contributed by atoms with Gasteiger partial charge in [-0.2, -0.15) is 0 Å². The van der Waals surface area contributed by atoms with Crippen LogP contribution < -0.4 is 4.90 Å². The van der Waals surface area contributed by atoms with E-state index in [1.54, 1.807) is 0 Å². The van der Waals surface area contributed by atoms with Crippen molar-refractivity contribution in [3.8, 4) is 0 Å². The average Bonchev–Trinajstić information content (AvgIpc) is 3.06. The summed E-state index contributed by atoms with van der Waals surface area (Å²) < 4.78 is 11.9. The minimum absolute atomic E-state index is 0.199. The summed E-state index contributed by atoms with van der Waals surface area (Å²) in [6, 6.07) is 0.698. The number of hydrogen-bond donors (Lipinski definition) is 0. The molecule has 116 valence electrons. The predicted molar refractivity (Wildman–Crippen MR) is 78.2 cm³/mol. The Hall–Kier alpha value is -1.14. The summed E-state index contributed by atoms with van der Waals surface area (Å²) in [5.41, 5.74) is 0.199. The van der Waals surface area contributed by atoms with Crippen LogP contribution in [0.15, 0.2) is 4.42 Å². The summed E-state index contributed by atoms with van der Waals surface area (Å²) in [7, 11) is 0. The molecule has 3 heterocycles. The van der Waals surface area contributed by atoms with Gasteiger partial charge in [-0.15, -0.1) is 5.10 Å². The molecule has 4 rings (SSSR count). The molecule has 3 aliphatic rings. The van der Waals surface area contributed by atoms with Gasteiger partial charge in [0.1, 0.15) is 0 Å². The largest absolute Gasteiger partial charge is 0.407 e. The number of anilines is 1. The van der Waals surface area contributed by atoms with Crippen molar-refractivity contribution in [2.45, 2.75) is 50.7 Å². The lowest BCUT2D eigenvalue weighted by Gasteiger charge is -2.40. The van der Waals surface area contributed by atoms with Crippen LogP contribution in [0.25, 0.3) is 0 Å². The van der Waals surface area contributed by atoms with E-state index in [9.17, 15) is 0 Å². The molecule has 0 amide bonds. The molecule has 6 nitrogen and oxygen atoms in total. The van der Waals surface area contributed by atoms with Crippen molar-refractivity contribution in [1.82, 2.24) is 15.1 Å². The molecule has 1 aromatic rings. The minimum Gasteiger partial charge on any atom is -0.407 e. The van der Waals surface area contributed by atoms with Crippen molar-refractivity contribution >= 4 is 6.01 Å². The van der Waals surface area contributed by atoms with E-state index in [-0.39, 0.29) is 5.60 Å². The summed E-state index contributed by atoms with van der Waals surface area (Å²) in [6.45, 7) is 5.70. The molecule has 1 spiro atoms. The van der Waals surface area contributed by atoms with E-state index in [1.807, 2.05) is 0 Å². The summed E-state index contributed by atoms with van der Waals surface area (Å²) in [6.07, 6.45) is 7.39. The van der Waals surface area contributed by atoms with Gasteiger partial charge in [0.2, 0.25) is 5.89 Å². The van der Waals surface area contributed by atoms with Gasteiger partial charge in [0.15, 0.2) is 0 Å². The third-order valence-corrected chi connectivity index (χ3v) is 5.16. The first-order valence-electron chi connectivity index (χ1n) is 8.27. The molecular weight excluding hydrogens is 268 g/mol. The van der Waals surface area contributed by atoms with E-state index in [0.717, 1.165) is 51.6 Å². The van der Waals surface area contributed by atoms with Gasteiger partial charge in [-0.25, -0.2) is 0 Å². The molecule has 0 bridgehead atoms. The van der Waals surface area contributed by atoms with Crippen molar-refractivity contribution in [2.24, 2.45) is 0 Å². The first-order chi connectivity index (χ1) is 10.3. The third kappa shape index (κ3) is 2.79. The molecule has 6 heteroatoms. The van der Waals surface area contributed by atoms with Crippen LogP contribution >= 0.6 is 0 Å². The smallest absolute Gasteiger partial charge is 0.318 e. The number of nitrogens with zero attached hydrogens (tertiary/aromatic N) is 4. The maximum absolute atomic E-state index is 6.06. The zero-order valence-corrected chi connectivity index (χ0v) is 12.6. The second-order valence-electron chi connectivity index (χ2n) is 6.58. The van der Waals surface area contributed by atoms with Crippen molar-refractivity contribution < 1.29 is 9.15 Å². The highest BCUT2D eigenvalue weighted by Crippen LogP contribution is 2.39. The molecular formula is C15H24N4O2. The summed E-state index contributed by atoms with van der Waals surface area (Å²) >= 11 is 0. The van der Waals surface area contributed by atoms with Gasteiger partial charge in [-0.1, -0.05) is 5.10 Å². The van der Waals surface area contributed by atoms with Crippen LogP contribution in [-0.2, 0) is 11.3 Å². The Labute approximate surface area is 125 Å². The van der Waals surface area contributed by atoms with Gasteiger partial charge in [0.05, 0.1) is 18.8 Å². The molecule has 2 aliphatic heterocycles. The number of ether oxygens (including phenoxy) is 1. The van der Waals surface area contributed by atoms with Gasteiger partial charge in [0, 0.05) is 26.2 Å². The van der Waals surface area contributed by atoms with Crippen LogP contribution in [0.5, 0.6) is 0 Å². The molecule has 0 N–H and O–H groups in total. The topological polar surface area (TPSA) is 54.6 Å². The predicted octanol–water partition coefficient (Wildman–Crippen LogP) is 1.81. The van der Waals surface area contributed by atoms with Gasteiger partial charge in [-0.05, 0) is 38.5 Å². The van der Waals surface area contributed by atoms with Crippen LogP contribution in [0, 0.1) is 0 Å². The normalized spacial score (nSPS) is 26.0. The van der Waals surface area contributed by atoms with Crippen LogP contribution in [0.4, 0.5) is 6.01 Å². The minimum atomic E-state index is 0.199. The van der Waals surface area contributed by atoms with Gasteiger partial charge < -0.3 is 14.1 Å². The SMILES string of the molecule is C1CCN(c2nnc(CN3CCOC4(CCC4)CC3)o2)C1. The molecule has 0 aromatic carbocycles. The van der Waals surface area contributed by atoms with E-state index < -0.39 is 0 Å². The Bertz CT molecular complexity index is 480. The standard InChI is InChI=1S/C15H24N4O2/c1-2-8-19(7-1)14-17-16-13(21-14)12-18-9-6-15(4-3-5-15)20-11-10-18/h1-12H2. The van der Waals surface area contributed by atoms with E-state index in [0.29, 0.717) is 6.01 Å².